The van der Waals surface area contributed by atoms with Gasteiger partial charge in [-0.2, -0.15) is 0 Å². The van der Waals surface area contributed by atoms with Crippen LogP contribution in [0.5, 0.6) is 0 Å². The van der Waals surface area contributed by atoms with Crippen molar-refractivity contribution in [2.75, 3.05) is 6.61 Å². The molecule has 0 aromatic carbocycles. The van der Waals surface area contributed by atoms with E-state index in [1.807, 2.05) is 13.0 Å². The van der Waals surface area contributed by atoms with Crippen molar-refractivity contribution >= 4 is 23.1 Å². The van der Waals surface area contributed by atoms with E-state index < -0.39 is 5.97 Å². The molecule has 1 unspecified atom stereocenters. The highest BCUT2D eigenvalue weighted by Crippen LogP contribution is 2.28. The predicted molar refractivity (Wildman–Crippen MR) is 75.6 cm³/mol. The number of carbonyl (C=O) groups is 1. The SMILES string of the molecule is CCCOC1CC=C(c2cc(C(=O)O)ncn2)C=C1Cl. The second-order valence-electron chi connectivity index (χ2n) is 4.38. The summed E-state index contributed by atoms with van der Waals surface area (Å²) in [6.07, 6.45) is 6.41. The van der Waals surface area contributed by atoms with Crippen molar-refractivity contribution in [2.45, 2.75) is 25.9 Å². The zero-order valence-corrected chi connectivity index (χ0v) is 11.8. The first-order chi connectivity index (χ1) is 9.61. The third-order valence-corrected chi connectivity index (χ3v) is 3.21. The molecule has 0 bridgehead atoms. The van der Waals surface area contributed by atoms with Crippen molar-refractivity contribution in [3.63, 3.8) is 0 Å². The van der Waals surface area contributed by atoms with Gasteiger partial charge in [-0.05, 0) is 30.6 Å². The lowest BCUT2D eigenvalue weighted by Gasteiger charge is -2.20. The van der Waals surface area contributed by atoms with Crippen molar-refractivity contribution in [1.82, 2.24) is 9.97 Å². The number of aromatic nitrogens is 2. The Morgan fingerprint density at radius 1 is 1.55 bits per heavy atom. The van der Waals surface area contributed by atoms with Crippen LogP contribution in [0.15, 0.2) is 29.6 Å². The molecule has 1 aliphatic carbocycles. The number of carboxylic acids is 1. The standard InChI is InChI=1S/C14H15ClN2O3/c1-2-5-20-13-4-3-9(6-10(13)15)11-7-12(14(18)19)17-8-16-11/h3,6-8,13H,2,4-5H2,1H3,(H,18,19). The molecule has 0 fully saturated rings. The molecule has 0 saturated heterocycles. The van der Waals surface area contributed by atoms with E-state index in [-0.39, 0.29) is 11.8 Å². The molecule has 1 aliphatic rings. The fourth-order valence-electron chi connectivity index (χ4n) is 1.87. The first kappa shape index (κ1) is 14.7. The molecule has 1 heterocycles. The Labute approximate surface area is 122 Å². The van der Waals surface area contributed by atoms with Crippen molar-refractivity contribution in [3.8, 4) is 0 Å². The largest absolute Gasteiger partial charge is 0.477 e. The van der Waals surface area contributed by atoms with Gasteiger partial charge in [-0.1, -0.05) is 24.6 Å². The van der Waals surface area contributed by atoms with E-state index in [1.54, 1.807) is 6.08 Å². The van der Waals surface area contributed by atoms with Crippen LogP contribution in [0.1, 0.15) is 35.9 Å². The van der Waals surface area contributed by atoms with Gasteiger partial charge in [0.1, 0.15) is 6.33 Å². The van der Waals surface area contributed by atoms with Gasteiger partial charge in [0, 0.05) is 11.6 Å². The lowest BCUT2D eigenvalue weighted by molar-refractivity contribution is 0.0690. The molecule has 0 spiro atoms. The Hall–Kier alpha value is -1.72. The van der Waals surface area contributed by atoms with E-state index in [1.165, 1.54) is 12.4 Å². The number of allylic oxidation sites excluding steroid dienone is 2. The molecule has 1 aromatic rings. The fraction of sp³-hybridized carbons (Fsp3) is 0.357. The van der Waals surface area contributed by atoms with Crippen molar-refractivity contribution in [3.05, 3.63) is 41.0 Å². The van der Waals surface area contributed by atoms with Gasteiger partial charge in [-0.3, -0.25) is 0 Å². The van der Waals surface area contributed by atoms with Crippen LogP contribution in [0, 0.1) is 0 Å². The van der Waals surface area contributed by atoms with Crippen LogP contribution >= 0.6 is 11.6 Å². The van der Waals surface area contributed by atoms with E-state index in [0.29, 0.717) is 23.8 Å². The highest BCUT2D eigenvalue weighted by molar-refractivity contribution is 6.31. The normalized spacial score (nSPS) is 18.4. The molecule has 0 saturated carbocycles. The summed E-state index contributed by atoms with van der Waals surface area (Å²) >= 11 is 6.20. The quantitative estimate of drug-likeness (QED) is 0.904. The summed E-state index contributed by atoms with van der Waals surface area (Å²) in [5.74, 6) is -1.08. The van der Waals surface area contributed by atoms with Crippen LogP contribution in [0.4, 0.5) is 0 Å². The molecule has 0 radical (unpaired) electrons. The van der Waals surface area contributed by atoms with Gasteiger partial charge in [0.15, 0.2) is 5.69 Å². The molecule has 1 atom stereocenters. The highest BCUT2D eigenvalue weighted by Gasteiger charge is 2.18. The minimum atomic E-state index is -1.08. The van der Waals surface area contributed by atoms with Gasteiger partial charge in [-0.15, -0.1) is 0 Å². The molecule has 6 heteroatoms. The minimum Gasteiger partial charge on any atom is -0.477 e. The molecule has 1 N–H and O–H groups in total. The van der Waals surface area contributed by atoms with Crippen LogP contribution in [0.25, 0.3) is 5.57 Å². The Kier molecular flexibility index (Phi) is 4.87. The maximum Gasteiger partial charge on any atom is 0.354 e. The van der Waals surface area contributed by atoms with Crippen LogP contribution < -0.4 is 0 Å². The maximum absolute atomic E-state index is 10.9. The zero-order chi connectivity index (χ0) is 14.5. The highest BCUT2D eigenvalue weighted by atomic mass is 35.5. The summed E-state index contributed by atoms with van der Waals surface area (Å²) < 4.78 is 5.62. The Morgan fingerprint density at radius 3 is 3.00 bits per heavy atom. The molecule has 5 nitrogen and oxygen atoms in total. The monoisotopic (exact) mass is 294 g/mol. The third-order valence-electron chi connectivity index (χ3n) is 2.86. The van der Waals surface area contributed by atoms with E-state index in [0.717, 1.165) is 12.0 Å². The first-order valence-corrected chi connectivity index (χ1v) is 6.74. The summed E-state index contributed by atoms with van der Waals surface area (Å²) in [6.45, 7) is 2.70. The van der Waals surface area contributed by atoms with Gasteiger partial charge >= 0.3 is 5.97 Å². The number of hydrogen-bond acceptors (Lipinski definition) is 4. The van der Waals surface area contributed by atoms with Gasteiger partial charge in [0.05, 0.1) is 11.8 Å². The van der Waals surface area contributed by atoms with Gasteiger partial charge < -0.3 is 9.84 Å². The topological polar surface area (TPSA) is 72.3 Å². The second-order valence-corrected chi connectivity index (χ2v) is 4.81. The lowest BCUT2D eigenvalue weighted by Crippen LogP contribution is -2.16. The second kappa shape index (κ2) is 6.63. The van der Waals surface area contributed by atoms with Crippen LogP contribution in [-0.4, -0.2) is 33.8 Å². The van der Waals surface area contributed by atoms with E-state index in [9.17, 15) is 4.79 Å². The fourth-order valence-corrected chi connectivity index (χ4v) is 2.14. The Balaban J connectivity index is 2.17. The van der Waals surface area contributed by atoms with Crippen LogP contribution in [-0.2, 0) is 4.74 Å². The van der Waals surface area contributed by atoms with Crippen molar-refractivity contribution in [1.29, 1.82) is 0 Å². The molecule has 0 amide bonds. The minimum absolute atomic E-state index is 0.0372. The number of nitrogens with zero attached hydrogens (tertiary/aromatic N) is 2. The average Bonchev–Trinajstić information content (AvgIpc) is 2.46. The molecule has 0 aliphatic heterocycles. The number of aromatic carboxylic acids is 1. The number of carboxylic acid groups (broad SMARTS) is 1. The molecule has 20 heavy (non-hydrogen) atoms. The van der Waals surface area contributed by atoms with Gasteiger partial charge in [-0.25, -0.2) is 14.8 Å². The van der Waals surface area contributed by atoms with Crippen molar-refractivity contribution in [2.24, 2.45) is 0 Å². The zero-order valence-electron chi connectivity index (χ0n) is 11.0. The Bertz CT molecular complexity index is 569. The summed E-state index contributed by atoms with van der Waals surface area (Å²) in [5, 5.41) is 9.53. The molecule has 106 valence electrons. The summed E-state index contributed by atoms with van der Waals surface area (Å²) in [5.41, 5.74) is 1.30. The van der Waals surface area contributed by atoms with Gasteiger partial charge in [0.25, 0.3) is 0 Å². The van der Waals surface area contributed by atoms with E-state index in [4.69, 9.17) is 21.4 Å². The number of rotatable bonds is 5. The smallest absolute Gasteiger partial charge is 0.354 e. The van der Waals surface area contributed by atoms with Crippen LogP contribution in [0.3, 0.4) is 0 Å². The molecule has 2 rings (SSSR count). The molecular formula is C14H15ClN2O3. The van der Waals surface area contributed by atoms with E-state index >= 15 is 0 Å². The summed E-state index contributed by atoms with van der Waals surface area (Å²) in [7, 11) is 0. The number of hydrogen-bond donors (Lipinski definition) is 1. The van der Waals surface area contributed by atoms with Crippen molar-refractivity contribution < 1.29 is 14.6 Å². The third kappa shape index (κ3) is 3.43. The van der Waals surface area contributed by atoms with E-state index in [2.05, 4.69) is 9.97 Å². The Morgan fingerprint density at radius 2 is 2.35 bits per heavy atom. The maximum atomic E-state index is 10.9. The summed E-state index contributed by atoms with van der Waals surface area (Å²) in [4.78, 5) is 18.7. The molecular weight excluding hydrogens is 280 g/mol. The molecule has 1 aromatic heterocycles. The average molecular weight is 295 g/mol. The van der Waals surface area contributed by atoms with Crippen LogP contribution in [0.2, 0.25) is 0 Å². The van der Waals surface area contributed by atoms with Gasteiger partial charge in [0.2, 0.25) is 0 Å². The first-order valence-electron chi connectivity index (χ1n) is 6.36. The summed E-state index contributed by atoms with van der Waals surface area (Å²) in [6, 6.07) is 1.43. The lowest BCUT2D eigenvalue weighted by atomic mass is 10.0. The number of halogens is 1. The predicted octanol–water partition coefficient (Wildman–Crippen LogP) is 2.88. The number of ether oxygens (including phenoxy) is 1.